The Kier molecular flexibility index (Phi) is 6.14. The topological polar surface area (TPSA) is 56.1 Å². The van der Waals surface area contributed by atoms with E-state index >= 15 is 0 Å². The van der Waals surface area contributed by atoms with Gasteiger partial charge in [0.05, 0.1) is 18.2 Å². The van der Waals surface area contributed by atoms with E-state index in [0.717, 1.165) is 38.6 Å². The molecule has 0 saturated carbocycles. The molecule has 1 N–H and O–H groups in total. The Labute approximate surface area is 110 Å². The third kappa shape index (κ3) is 3.99. The maximum Gasteiger partial charge on any atom is 0.237 e. The van der Waals surface area contributed by atoms with Crippen molar-refractivity contribution in [3.63, 3.8) is 0 Å². The maximum atomic E-state index is 12.1. The van der Waals surface area contributed by atoms with E-state index in [4.69, 9.17) is 5.26 Å². The van der Waals surface area contributed by atoms with Gasteiger partial charge in [-0.2, -0.15) is 5.26 Å². The zero-order chi connectivity index (χ0) is 13.5. The summed E-state index contributed by atoms with van der Waals surface area (Å²) in [6.45, 7) is 6.91. The summed E-state index contributed by atoms with van der Waals surface area (Å²) in [5, 5.41) is 12.2. The van der Waals surface area contributed by atoms with Crippen LogP contribution in [0.5, 0.6) is 0 Å². The number of piperidine rings is 1. The highest BCUT2D eigenvalue weighted by Crippen LogP contribution is 2.19. The van der Waals surface area contributed by atoms with Gasteiger partial charge in [0, 0.05) is 12.6 Å². The van der Waals surface area contributed by atoms with Crippen molar-refractivity contribution in [1.82, 2.24) is 10.2 Å². The second kappa shape index (κ2) is 7.38. The van der Waals surface area contributed by atoms with E-state index in [9.17, 15) is 4.79 Å². The van der Waals surface area contributed by atoms with Crippen LogP contribution in [0.3, 0.4) is 0 Å². The highest BCUT2D eigenvalue weighted by molar-refractivity contribution is 5.81. The minimum Gasteiger partial charge on any atom is -0.352 e. The normalized spacial score (nSPS) is 24.0. The summed E-state index contributed by atoms with van der Waals surface area (Å²) in [6, 6.07) is 2.24. The van der Waals surface area contributed by atoms with Gasteiger partial charge in [-0.1, -0.05) is 13.3 Å². The lowest BCUT2D eigenvalue weighted by Gasteiger charge is -2.35. The van der Waals surface area contributed by atoms with Gasteiger partial charge in [0.2, 0.25) is 5.91 Å². The van der Waals surface area contributed by atoms with Crippen LogP contribution in [0.15, 0.2) is 0 Å². The first-order valence-corrected chi connectivity index (χ1v) is 7.05. The van der Waals surface area contributed by atoms with Crippen LogP contribution < -0.4 is 5.32 Å². The van der Waals surface area contributed by atoms with Crippen LogP contribution in [0, 0.1) is 11.3 Å². The molecule has 0 aromatic heterocycles. The van der Waals surface area contributed by atoms with Crippen LogP contribution >= 0.6 is 0 Å². The van der Waals surface area contributed by atoms with Gasteiger partial charge in [-0.15, -0.1) is 0 Å². The number of carbonyl (C=O) groups is 1. The van der Waals surface area contributed by atoms with Crippen LogP contribution in [0.4, 0.5) is 0 Å². The highest BCUT2D eigenvalue weighted by Gasteiger charge is 2.30. The van der Waals surface area contributed by atoms with Gasteiger partial charge in [0.1, 0.15) is 0 Å². The second-order valence-electron chi connectivity index (χ2n) is 5.25. The minimum absolute atomic E-state index is 0.0538. The lowest BCUT2D eigenvalue weighted by molar-refractivity contribution is -0.127. The van der Waals surface area contributed by atoms with Crippen molar-refractivity contribution in [1.29, 1.82) is 5.26 Å². The van der Waals surface area contributed by atoms with E-state index in [1.165, 1.54) is 0 Å². The summed E-state index contributed by atoms with van der Waals surface area (Å²) in [7, 11) is 0. The molecule has 3 atom stereocenters. The number of nitriles is 1. The number of hydrogen-bond donors (Lipinski definition) is 1. The average molecular weight is 251 g/mol. The fourth-order valence-corrected chi connectivity index (χ4v) is 2.58. The van der Waals surface area contributed by atoms with Gasteiger partial charge < -0.3 is 5.32 Å². The summed E-state index contributed by atoms with van der Waals surface area (Å²) in [5.74, 6) is 0.0538. The van der Waals surface area contributed by atoms with Gasteiger partial charge in [-0.3, -0.25) is 9.69 Å². The van der Waals surface area contributed by atoms with E-state index in [2.05, 4.69) is 18.3 Å². The SMILES string of the molecule is CCCC(C)NC(=O)C(C)N1CCCCC1C#N. The molecule has 1 heterocycles. The van der Waals surface area contributed by atoms with Crippen molar-refractivity contribution in [2.75, 3.05) is 6.54 Å². The van der Waals surface area contributed by atoms with Gasteiger partial charge in [0.15, 0.2) is 0 Å². The van der Waals surface area contributed by atoms with Crippen molar-refractivity contribution in [3.8, 4) is 6.07 Å². The molecule has 1 fully saturated rings. The van der Waals surface area contributed by atoms with Crippen molar-refractivity contribution in [2.45, 2.75) is 71.0 Å². The third-order valence-corrected chi connectivity index (χ3v) is 3.68. The first kappa shape index (κ1) is 15.0. The highest BCUT2D eigenvalue weighted by atomic mass is 16.2. The number of nitrogens with zero attached hydrogens (tertiary/aromatic N) is 2. The van der Waals surface area contributed by atoms with E-state index in [-0.39, 0.29) is 24.0 Å². The minimum atomic E-state index is -0.200. The predicted molar refractivity (Wildman–Crippen MR) is 71.9 cm³/mol. The summed E-state index contributed by atoms with van der Waals surface area (Å²) in [5.41, 5.74) is 0. The fourth-order valence-electron chi connectivity index (χ4n) is 2.58. The van der Waals surface area contributed by atoms with E-state index in [1.807, 2.05) is 18.7 Å². The third-order valence-electron chi connectivity index (χ3n) is 3.68. The molecule has 4 heteroatoms. The Balaban J connectivity index is 2.54. The van der Waals surface area contributed by atoms with E-state index in [0.29, 0.717) is 0 Å². The van der Waals surface area contributed by atoms with Crippen LogP contribution in [-0.2, 0) is 4.79 Å². The summed E-state index contributed by atoms with van der Waals surface area (Å²) < 4.78 is 0. The van der Waals surface area contributed by atoms with Crippen molar-refractivity contribution < 1.29 is 4.79 Å². The molecule has 1 aliphatic heterocycles. The fraction of sp³-hybridized carbons (Fsp3) is 0.857. The number of likely N-dealkylation sites (tertiary alicyclic amines) is 1. The first-order valence-electron chi connectivity index (χ1n) is 7.05. The van der Waals surface area contributed by atoms with Gasteiger partial charge >= 0.3 is 0 Å². The molecular formula is C14H25N3O. The van der Waals surface area contributed by atoms with Gasteiger partial charge in [-0.05, 0) is 39.5 Å². The van der Waals surface area contributed by atoms with Crippen molar-refractivity contribution >= 4 is 5.91 Å². The zero-order valence-electron chi connectivity index (χ0n) is 11.8. The molecule has 1 rings (SSSR count). The maximum absolute atomic E-state index is 12.1. The predicted octanol–water partition coefficient (Wildman–Crippen LogP) is 2.06. The van der Waals surface area contributed by atoms with E-state index in [1.54, 1.807) is 0 Å². The number of rotatable bonds is 5. The van der Waals surface area contributed by atoms with Gasteiger partial charge in [0.25, 0.3) is 0 Å². The van der Waals surface area contributed by atoms with Crippen LogP contribution in [0.2, 0.25) is 0 Å². The molecule has 1 saturated heterocycles. The molecule has 0 bridgehead atoms. The quantitative estimate of drug-likeness (QED) is 0.813. The molecule has 1 aliphatic rings. The first-order chi connectivity index (χ1) is 8.60. The van der Waals surface area contributed by atoms with E-state index < -0.39 is 0 Å². The Morgan fingerprint density at radius 2 is 2.22 bits per heavy atom. The summed E-state index contributed by atoms with van der Waals surface area (Å²) in [4.78, 5) is 14.2. The lowest BCUT2D eigenvalue weighted by Crippen LogP contribution is -2.52. The van der Waals surface area contributed by atoms with Crippen molar-refractivity contribution in [2.24, 2.45) is 0 Å². The lowest BCUT2D eigenvalue weighted by atomic mass is 10.0. The smallest absolute Gasteiger partial charge is 0.237 e. The molecule has 0 aromatic rings. The summed E-state index contributed by atoms with van der Waals surface area (Å²) >= 11 is 0. The average Bonchev–Trinajstić information content (AvgIpc) is 2.38. The molecule has 0 spiro atoms. The largest absolute Gasteiger partial charge is 0.352 e. The molecule has 102 valence electrons. The van der Waals surface area contributed by atoms with Gasteiger partial charge in [-0.25, -0.2) is 0 Å². The van der Waals surface area contributed by atoms with Crippen LogP contribution in [0.1, 0.15) is 52.9 Å². The molecule has 0 aromatic carbocycles. The molecule has 3 unspecified atom stereocenters. The number of nitrogens with one attached hydrogen (secondary N) is 1. The Morgan fingerprint density at radius 1 is 1.50 bits per heavy atom. The van der Waals surface area contributed by atoms with Crippen LogP contribution in [-0.4, -0.2) is 35.5 Å². The second-order valence-corrected chi connectivity index (χ2v) is 5.25. The van der Waals surface area contributed by atoms with Crippen LogP contribution in [0.25, 0.3) is 0 Å². The molecule has 0 radical (unpaired) electrons. The molecule has 1 amide bonds. The Bertz CT molecular complexity index is 311. The molecule has 18 heavy (non-hydrogen) atoms. The Morgan fingerprint density at radius 3 is 2.83 bits per heavy atom. The standard InChI is InChI=1S/C14H25N3O/c1-4-7-11(2)16-14(18)12(3)17-9-6-5-8-13(17)10-15/h11-13H,4-9H2,1-3H3,(H,16,18). The number of carbonyl (C=O) groups excluding carboxylic acids is 1. The molecule has 4 nitrogen and oxygen atoms in total. The molecular weight excluding hydrogens is 226 g/mol. The summed E-state index contributed by atoms with van der Waals surface area (Å²) in [6.07, 6.45) is 5.13. The zero-order valence-corrected chi connectivity index (χ0v) is 11.8. The monoisotopic (exact) mass is 251 g/mol. The number of amides is 1. The Hall–Kier alpha value is -1.08. The number of hydrogen-bond acceptors (Lipinski definition) is 3. The molecule has 0 aliphatic carbocycles. The van der Waals surface area contributed by atoms with Crippen molar-refractivity contribution in [3.05, 3.63) is 0 Å².